The number of carbonyl (C=O) groups is 1. The summed E-state index contributed by atoms with van der Waals surface area (Å²) in [6, 6.07) is 2.60. The van der Waals surface area contributed by atoms with Gasteiger partial charge in [-0.3, -0.25) is 14.6 Å². The van der Waals surface area contributed by atoms with Gasteiger partial charge in [0.15, 0.2) is 5.88 Å². The smallest absolute Gasteiger partial charge is 0.303 e. The van der Waals surface area contributed by atoms with Gasteiger partial charge in [-0.2, -0.15) is 0 Å². The first-order valence-electron chi connectivity index (χ1n) is 3.72. The molecule has 0 aromatic carbocycles. The van der Waals surface area contributed by atoms with Gasteiger partial charge < -0.3 is 10.2 Å². The molecule has 0 unspecified atom stereocenters. The molecule has 1 aromatic heterocycles. The molecule has 0 bridgehead atoms. The number of nitrogens with one attached hydrogen (secondary N) is 1. The number of H-pyrrole nitrogens is 1. The summed E-state index contributed by atoms with van der Waals surface area (Å²) >= 11 is 0. The highest BCUT2D eigenvalue weighted by atomic mass is 16.4. The number of carboxylic acids is 1. The fourth-order valence-electron chi connectivity index (χ4n) is 0.980. The molecule has 5 heteroatoms. The molecule has 0 aliphatic carbocycles. The molecule has 0 fully saturated rings. The van der Waals surface area contributed by atoms with Gasteiger partial charge in [0.25, 0.3) is 5.56 Å². The maximum atomic E-state index is 10.8. The van der Waals surface area contributed by atoms with Crippen molar-refractivity contribution in [3.05, 3.63) is 28.0 Å². The fourth-order valence-corrected chi connectivity index (χ4v) is 0.980. The van der Waals surface area contributed by atoms with Crippen molar-refractivity contribution in [1.82, 2.24) is 4.98 Å². The normalized spacial score (nSPS) is 9.85. The van der Waals surface area contributed by atoms with E-state index in [4.69, 9.17) is 10.2 Å². The minimum absolute atomic E-state index is 0.0527. The molecule has 0 atom stereocenters. The summed E-state index contributed by atoms with van der Waals surface area (Å²) in [5.41, 5.74) is 0.0871. The van der Waals surface area contributed by atoms with Crippen molar-refractivity contribution >= 4 is 5.97 Å². The SMILES string of the molecule is O=C(O)CCc1cc(O)[nH]c(=O)c1. The van der Waals surface area contributed by atoms with Crippen LogP contribution in [0.15, 0.2) is 16.9 Å². The summed E-state index contributed by atoms with van der Waals surface area (Å²) in [5, 5.41) is 17.3. The van der Waals surface area contributed by atoms with Gasteiger partial charge in [0.2, 0.25) is 0 Å². The Labute approximate surface area is 73.7 Å². The number of aromatic hydroxyl groups is 1. The summed E-state index contributed by atoms with van der Waals surface area (Å²) in [6.07, 6.45) is 0.190. The maximum Gasteiger partial charge on any atom is 0.303 e. The minimum atomic E-state index is -0.931. The van der Waals surface area contributed by atoms with Crippen molar-refractivity contribution < 1.29 is 15.0 Å². The van der Waals surface area contributed by atoms with Gasteiger partial charge in [-0.15, -0.1) is 0 Å². The topological polar surface area (TPSA) is 90.4 Å². The van der Waals surface area contributed by atoms with Crippen LogP contribution in [0.1, 0.15) is 12.0 Å². The third-order valence-electron chi connectivity index (χ3n) is 1.52. The van der Waals surface area contributed by atoms with Gasteiger partial charge in [0.05, 0.1) is 0 Å². The van der Waals surface area contributed by atoms with Gasteiger partial charge in [-0.25, -0.2) is 0 Å². The minimum Gasteiger partial charge on any atom is -0.495 e. The first kappa shape index (κ1) is 9.31. The number of hydrogen-bond acceptors (Lipinski definition) is 3. The van der Waals surface area contributed by atoms with Crippen LogP contribution in [0.4, 0.5) is 0 Å². The van der Waals surface area contributed by atoms with Gasteiger partial charge in [0.1, 0.15) is 0 Å². The molecule has 0 aliphatic rings. The van der Waals surface area contributed by atoms with Crippen molar-refractivity contribution in [3.63, 3.8) is 0 Å². The van der Waals surface area contributed by atoms with Crippen molar-refractivity contribution in [2.45, 2.75) is 12.8 Å². The highest BCUT2D eigenvalue weighted by molar-refractivity contribution is 5.67. The largest absolute Gasteiger partial charge is 0.495 e. The quantitative estimate of drug-likeness (QED) is 0.619. The number of carboxylic acid groups (broad SMARTS) is 1. The molecule has 0 saturated heterocycles. The van der Waals surface area contributed by atoms with E-state index in [1.54, 1.807) is 0 Å². The molecule has 1 rings (SSSR count). The molecule has 70 valence electrons. The van der Waals surface area contributed by atoms with Crippen LogP contribution in [0.5, 0.6) is 5.88 Å². The Morgan fingerprint density at radius 1 is 1.46 bits per heavy atom. The number of hydrogen-bond donors (Lipinski definition) is 3. The highest BCUT2D eigenvalue weighted by Crippen LogP contribution is 2.06. The van der Waals surface area contributed by atoms with Crippen molar-refractivity contribution in [1.29, 1.82) is 0 Å². The molecule has 0 spiro atoms. The molecule has 13 heavy (non-hydrogen) atoms. The van der Waals surface area contributed by atoms with Crippen molar-refractivity contribution in [2.75, 3.05) is 0 Å². The summed E-state index contributed by atoms with van der Waals surface area (Å²) < 4.78 is 0. The molecule has 0 aliphatic heterocycles. The predicted octanol–water partition coefficient (Wildman–Crippen LogP) is 0.0977. The Kier molecular flexibility index (Phi) is 2.69. The number of rotatable bonds is 3. The Morgan fingerprint density at radius 2 is 2.15 bits per heavy atom. The van der Waals surface area contributed by atoms with Crippen LogP contribution in [0.2, 0.25) is 0 Å². The van der Waals surface area contributed by atoms with Crippen LogP contribution < -0.4 is 5.56 Å². The summed E-state index contributed by atoms with van der Waals surface area (Å²) in [7, 11) is 0. The Bertz CT molecular complexity index is 369. The fraction of sp³-hybridized carbons (Fsp3) is 0.250. The van der Waals surface area contributed by atoms with Gasteiger partial charge in [0, 0.05) is 18.6 Å². The molecule has 0 saturated carbocycles. The molecular formula is C8H9NO4. The first-order valence-corrected chi connectivity index (χ1v) is 3.72. The number of aryl methyl sites for hydroxylation is 1. The lowest BCUT2D eigenvalue weighted by atomic mass is 10.1. The molecule has 1 heterocycles. The molecule has 0 radical (unpaired) electrons. The second kappa shape index (κ2) is 3.75. The monoisotopic (exact) mass is 183 g/mol. The van der Waals surface area contributed by atoms with Crippen LogP contribution >= 0.6 is 0 Å². The second-order valence-corrected chi connectivity index (χ2v) is 2.63. The number of aliphatic carboxylic acids is 1. The van der Waals surface area contributed by atoms with E-state index in [0.29, 0.717) is 5.56 Å². The van der Waals surface area contributed by atoms with E-state index in [2.05, 4.69) is 4.98 Å². The van der Waals surface area contributed by atoms with Gasteiger partial charge >= 0.3 is 5.97 Å². The van der Waals surface area contributed by atoms with Crippen LogP contribution in [-0.4, -0.2) is 21.2 Å². The van der Waals surface area contributed by atoms with Crippen LogP contribution in [0, 0.1) is 0 Å². The van der Waals surface area contributed by atoms with E-state index in [0.717, 1.165) is 0 Å². The summed E-state index contributed by atoms with van der Waals surface area (Å²) in [5.74, 6) is -1.17. The van der Waals surface area contributed by atoms with Gasteiger partial charge in [-0.1, -0.05) is 0 Å². The molecule has 0 amide bonds. The predicted molar refractivity (Wildman–Crippen MR) is 44.7 cm³/mol. The molecular weight excluding hydrogens is 174 g/mol. The van der Waals surface area contributed by atoms with Crippen LogP contribution in [0.3, 0.4) is 0 Å². The zero-order valence-electron chi connectivity index (χ0n) is 6.78. The first-order chi connectivity index (χ1) is 6.08. The highest BCUT2D eigenvalue weighted by Gasteiger charge is 2.01. The zero-order valence-corrected chi connectivity index (χ0v) is 6.78. The number of pyridine rings is 1. The molecule has 1 aromatic rings. The lowest BCUT2D eigenvalue weighted by Gasteiger charge is -1.98. The van der Waals surface area contributed by atoms with Crippen molar-refractivity contribution in [3.8, 4) is 5.88 Å². The third-order valence-corrected chi connectivity index (χ3v) is 1.52. The van der Waals surface area contributed by atoms with E-state index in [-0.39, 0.29) is 18.7 Å². The van der Waals surface area contributed by atoms with E-state index in [9.17, 15) is 9.59 Å². The zero-order chi connectivity index (χ0) is 9.84. The van der Waals surface area contributed by atoms with Crippen LogP contribution in [-0.2, 0) is 11.2 Å². The van der Waals surface area contributed by atoms with E-state index < -0.39 is 11.5 Å². The number of aromatic amines is 1. The third kappa shape index (κ3) is 2.98. The van der Waals surface area contributed by atoms with Gasteiger partial charge in [-0.05, 0) is 12.0 Å². The second-order valence-electron chi connectivity index (χ2n) is 2.63. The van der Waals surface area contributed by atoms with E-state index >= 15 is 0 Å². The Hall–Kier alpha value is -1.78. The summed E-state index contributed by atoms with van der Waals surface area (Å²) in [6.45, 7) is 0. The average Bonchev–Trinajstić information content (AvgIpc) is 1.99. The Morgan fingerprint density at radius 3 is 2.69 bits per heavy atom. The lowest BCUT2D eigenvalue weighted by molar-refractivity contribution is -0.136. The van der Waals surface area contributed by atoms with Crippen LogP contribution in [0.25, 0.3) is 0 Å². The standard InChI is InChI=1S/C8H9NO4/c10-6-3-5(1-2-8(12)13)4-7(11)9-6/h3-4H,1-2H2,(H,12,13)(H2,9,10,11). The average molecular weight is 183 g/mol. The van der Waals surface area contributed by atoms with Crippen molar-refractivity contribution in [2.24, 2.45) is 0 Å². The van der Waals surface area contributed by atoms with E-state index in [1.807, 2.05) is 0 Å². The number of aromatic nitrogens is 1. The Balaban J connectivity index is 2.77. The molecule has 5 nitrogen and oxygen atoms in total. The summed E-state index contributed by atoms with van der Waals surface area (Å²) in [4.78, 5) is 23.1. The molecule has 3 N–H and O–H groups in total. The van der Waals surface area contributed by atoms with E-state index in [1.165, 1.54) is 12.1 Å². The lowest BCUT2D eigenvalue weighted by Crippen LogP contribution is -2.06. The maximum absolute atomic E-state index is 10.8.